The molecule has 1 aromatic carbocycles. The van der Waals surface area contributed by atoms with E-state index < -0.39 is 0 Å². The van der Waals surface area contributed by atoms with Crippen LogP contribution in [0.15, 0.2) is 18.2 Å². The fourth-order valence-corrected chi connectivity index (χ4v) is 2.59. The van der Waals surface area contributed by atoms with Gasteiger partial charge in [0.25, 0.3) is 5.91 Å². The van der Waals surface area contributed by atoms with Gasteiger partial charge in [-0.05, 0) is 44.4 Å². The van der Waals surface area contributed by atoms with Gasteiger partial charge in [0, 0.05) is 17.6 Å². The van der Waals surface area contributed by atoms with Crippen molar-refractivity contribution in [1.82, 2.24) is 4.90 Å². The van der Waals surface area contributed by atoms with Crippen LogP contribution in [0.4, 0.5) is 0 Å². The first-order chi connectivity index (χ1) is 8.09. The van der Waals surface area contributed by atoms with Crippen LogP contribution >= 0.6 is 23.2 Å². The molecule has 2 nitrogen and oxygen atoms in total. The number of amides is 1. The number of rotatable bonds is 1. The number of carbonyl (C=O) groups excluding carboxylic acids is 1. The first-order valence-corrected chi connectivity index (χ1v) is 6.61. The lowest BCUT2D eigenvalue weighted by molar-refractivity contribution is 0.0636. The molecular formula is C13H15Cl2NO. The average molecular weight is 272 g/mol. The molecule has 1 amide bonds. The van der Waals surface area contributed by atoms with Crippen molar-refractivity contribution in [1.29, 1.82) is 0 Å². The van der Waals surface area contributed by atoms with Crippen LogP contribution in [0.5, 0.6) is 0 Å². The molecule has 1 aliphatic rings. The standard InChI is InChI=1S/C13H15Cl2NO/c1-9-4-2-3-7-16(9)13(17)11-8-10(14)5-6-12(11)15/h5-6,8-9H,2-4,7H2,1H3. The van der Waals surface area contributed by atoms with Gasteiger partial charge in [0.2, 0.25) is 0 Å². The Kier molecular flexibility index (Phi) is 3.95. The lowest BCUT2D eigenvalue weighted by atomic mass is 10.0. The van der Waals surface area contributed by atoms with Crippen molar-refractivity contribution in [2.75, 3.05) is 6.54 Å². The molecule has 92 valence electrons. The summed E-state index contributed by atoms with van der Waals surface area (Å²) < 4.78 is 0. The van der Waals surface area contributed by atoms with Crippen LogP contribution in [0, 0.1) is 0 Å². The molecular weight excluding hydrogens is 257 g/mol. The fourth-order valence-electron chi connectivity index (χ4n) is 2.22. The molecule has 0 aromatic heterocycles. The van der Waals surface area contributed by atoms with Crippen molar-refractivity contribution >= 4 is 29.1 Å². The Bertz CT molecular complexity index is 433. The number of piperidine rings is 1. The summed E-state index contributed by atoms with van der Waals surface area (Å²) in [6, 6.07) is 5.30. The van der Waals surface area contributed by atoms with Gasteiger partial charge in [0.15, 0.2) is 0 Å². The van der Waals surface area contributed by atoms with Crippen molar-refractivity contribution in [3.8, 4) is 0 Å². The van der Waals surface area contributed by atoms with Crippen LogP contribution in [0.1, 0.15) is 36.5 Å². The van der Waals surface area contributed by atoms with E-state index in [4.69, 9.17) is 23.2 Å². The first-order valence-electron chi connectivity index (χ1n) is 5.85. The molecule has 1 unspecified atom stereocenters. The quantitative estimate of drug-likeness (QED) is 0.756. The highest BCUT2D eigenvalue weighted by molar-refractivity contribution is 6.35. The smallest absolute Gasteiger partial charge is 0.255 e. The van der Waals surface area contributed by atoms with E-state index in [1.54, 1.807) is 18.2 Å². The number of carbonyl (C=O) groups is 1. The molecule has 2 rings (SSSR count). The van der Waals surface area contributed by atoms with Gasteiger partial charge in [-0.2, -0.15) is 0 Å². The topological polar surface area (TPSA) is 20.3 Å². The van der Waals surface area contributed by atoms with E-state index in [1.807, 2.05) is 4.90 Å². The van der Waals surface area contributed by atoms with E-state index in [0.29, 0.717) is 15.6 Å². The molecule has 1 fully saturated rings. The third-order valence-electron chi connectivity index (χ3n) is 3.22. The summed E-state index contributed by atoms with van der Waals surface area (Å²) in [5.41, 5.74) is 0.507. The molecule has 0 spiro atoms. The maximum absolute atomic E-state index is 12.4. The van der Waals surface area contributed by atoms with E-state index in [1.165, 1.54) is 6.42 Å². The predicted molar refractivity (Wildman–Crippen MR) is 70.8 cm³/mol. The van der Waals surface area contributed by atoms with Gasteiger partial charge in [-0.1, -0.05) is 23.2 Å². The van der Waals surface area contributed by atoms with Crippen molar-refractivity contribution in [3.05, 3.63) is 33.8 Å². The molecule has 0 bridgehead atoms. The molecule has 17 heavy (non-hydrogen) atoms. The number of nitrogens with zero attached hydrogens (tertiary/aromatic N) is 1. The maximum Gasteiger partial charge on any atom is 0.255 e. The minimum absolute atomic E-state index is 0.00954. The van der Waals surface area contributed by atoms with Crippen molar-refractivity contribution < 1.29 is 4.79 Å². The molecule has 0 aliphatic carbocycles. The Morgan fingerprint density at radius 1 is 1.35 bits per heavy atom. The second kappa shape index (κ2) is 5.28. The summed E-state index contributed by atoms with van der Waals surface area (Å²) in [4.78, 5) is 14.3. The third kappa shape index (κ3) is 2.75. The molecule has 0 saturated carbocycles. The number of benzene rings is 1. The van der Waals surface area contributed by atoms with Crippen molar-refractivity contribution in [2.45, 2.75) is 32.2 Å². The van der Waals surface area contributed by atoms with Crippen LogP contribution in [0.3, 0.4) is 0 Å². The van der Waals surface area contributed by atoms with Gasteiger partial charge < -0.3 is 4.90 Å². The summed E-state index contributed by atoms with van der Waals surface area (Å²) in [5.74, 6) is -0.00954. The number of likely N-dealkylation sites (tertiary alicyclic amines) is 1. The average Bonchev–Trinajstić information content (AvgIpc) is 2.32. The summed E-state index contributed by atoms with van der Waals surface area (Å²) in [6.45, 7) is 2.89. The predicted octanol–water partition coefficient (Wildman–Crippen LogP) is 4.01. The highest BCUT2D eigenvalue weighted by Crippen LogP contribution is 2.25. The van der Waals surface area contributed by atoms with E-state index >= 15 is 0 Å². The normalized spacial score (nSPS) is 20.4. The van der Waals surface area contributed by atoms with E-state index in [9.17, 15) is 4.79 Å². The third-order valence-corrected chi connectivity index (χ3v) is 3.79. The van der Waals surface area contributed by atoms with Gasteiger partial charge >= 0.3 is 0 Å². The molecule has 1 aliphatic heterocycles. The lowest BCUT2D eigenvalue weighted by Crippen LogP contribution is -2.42. The number of hydrogen-bond acceptors (Lipinski definition) is 1. The Morgan fingerprint density at radius 3 is 2.82 bits per heavy atom. The monoisotopic (exact) mass is 271 g/mol. The summed E-state index contributed by atoms with van der Waals surface area (Å²) >= 11 is 12.0. The minimum atomic E-state index is -0.00954. The minimum Gasteiger partial charge on any atom is -0.336 e. The SMILES string of the molecule is CC1CCCCN1C(=O)c1cc(Cl)ccc1Cl. The van der Waals surface area contributed by atoms with Gasteiger partial charge in [-0.15, -0.1) is 0 Å². The second-order valence-electron chi connectivity index (χ2n) is 4.47. The Hall–Kier alpha value is -0.730. The van der Waals surface area contributed by atoms with Crippen LogP contribution in [0.2, 0.25) is 10.0 Å². The van der Waals surface area contributed by atoms with Gasteiger partial charge in [-0.3, -0.25) is 4.79 Å². The lowest BCUT2D eigenvalue weighted by Gasteiger charge is -2.33. The summed E-state index contributed by atoms with van der Waals surface area (Å²) in [5, 5.41) is 1.01. The highest BCUT2D eigenvalue weighted by atomic mass is 35.5. The summed E-state index contributed by atoms with van der Waals surface area (Å²) in [7, 11) is 0. The molecule has 0 radical (unpaired) electrons. The zero-order valence-electron chi connectivity index (χ0n) is 9.75. The maximum atomic E-state index is 12.4. The van der Waals surface area contributed by atoms with Crippen molar-refractivity contribution in [2.24, 2.45) is 0 Å². The van der Waals surface area contributed by atoms with Gasteiger partial charge in [0.05, 0.1) is 10.6 Å². The van der Waals surface area contributed by atoms with Gasteiger partial charge in [0.1, 0.15) is 0 Å². The number of hydrogen-bond donors (Lipinski definition) is 0. The zero-order chi connectivity index (χ0) is 12.4. The molecule has 1 heterocycles. The Morgan fingerprint density at radius 2 is 2.12 bits per heavy atom. The van der Waals surface area contributed by atoms with Crippen LogP contribution in [-0.2, 0) is 0 Å². The second-order valence-corrected chi connectivity index (χ2v) is 5.31. The molecule has 0 N–H and O–H groups in total. The van der Waals surface area contributed by atoms with Gasteiger partial charge in [-0.25, -0.2) is 0 Å². The Labute approximate surface area is 112 Å². The van der Waals surface area contributed by atoms with Crippen LogP contribution in [0.25, 0.3) is 0 Å². The zero-order valence-corrected chi connectivity index (χ0v) is 11.3. The van der Waals surface area contributed by atoms with E-state index in [0.717, 1.165) is 19.4 Å². The summed E-state index contributed by atoms with van der Waals surface area (Å²) in [6.07, 6.45) is 3.31. The largest absolute Gasteiger partial charge is 0.336 e. The van der Waals surface area contributed by atoms with Crippen molar-refractivity contribution in [3.63, 3.8) is 0 Å². The fraction of sp³-hybridized carbons (Fsp3) is 0.462. The van der Waals surface area contributed by atoms with Crippen LogP contribution in [-0.4, -0.2) is 23.4 Å². The van der Waals surface area contributed by atoms with E-state index in [-0.39, 0.29) is 11.9 Å². The first kappa shape index (κ1) is 12.7. The van der Waals surface area contributed by atoms with Crippen LogP contribution < -0.4 is 0 Å². The molecule has 4 heteroatoms. The van der Waals surface area contributed by atoms with E-state index in [2.05, 4.69) is 6.92 Å². The Balaban J connectivity index is 2.26. The highest BCUT2D eigenvalue weighted by Gasteiger charge is 2.25. The number of halogens is 2. The molecule has 1 saturated heterocycles. The molecule has 1 atom stereocenters. The molecule has 1 aromatic rings.